The maximum atomic E-state index is 11.3. The van der Waals surface area contributed by atoms with Crippen LogP contribution in [0.4, 0.5) is 0 Å². The molecule has 7 nitrogen and oxygen atoms in total. The highest BCUT2D eigenvalue weighted by atomic mass is 32.2. The van der Waals surface area contributed by atoms with E-state index in [-0.39, 0.29) is 5.75 Å². The topological polar surface area (TPSA) is 122 Å². The number of hydrogen-bond acceptors (Lipinski definition) is 5. The fourth-order valence-corrected chi connectivity index (χ4v) is 1.98. The number of thioether (sulfide) groups is 1. The van der Waals surface area contributed by atoms with E-state index in [0.29, 0.717) is 22.1 Å². The maximum absolute atomic E-state index is 11.3. The predicted octanol–water partition coefficient (Wildman–Crippen LogP) is 0.747. The van der Waals surface area contributed by atoms with E-state index in [1.807, 2.05) is 0 Å². The van der Waals surface area contributed by atoms with E-state index in [2.05, 4.69) is 15.2 Å². The summed E-state index contributed by atoms with van der Waals surface area (Å²) in [5.41, 5.74) is 6.13. The smallest absolute Gasteiger partial charge is 0.313 e. The molecule has 0 bridgehead atoms. The number of nitrogens with zero attached hydrogens (tertiary/aromatic N) is 2. The monoisotopic (exact) mass is 278 g/mol. The van der Waals surface area contributed by atoms with Crippen molar-refractivity contribution in [2.24, 2.45) is 5.73 Å². The van der Waals surface area contributed by atoms with Crippen LogP contribution in [0, 0.1) is 0 Å². The largest absolute Gasteiger partial charge is 0.481 e. The second-order valence-electron chi connectivity index (χ2n) is 3.56. The average molecular weight is 278 g/mol. The van der Waals surface area contributed by atoms with Crippen molar-refractivity contribution in [1.82, 2.24) is 15.2 Å². The fraction of sp³-hybridized carbons (Fsp3) is 0.0909. The summed E-state index contributed by atoms with van der Waals surface area (Å²) in [5, 5.41) is 15.4. The number of nitrogens with two attached hydrogens (primary N) is 1. The first-order chi connectivity index (χ1) is 9.08. The van der Waals surface area contributed by atoms with Crippen molar-refractivity contribution in [2.75, 3.05) is 5.75 Å². The maximum Gasteiger partial charge on any atom is 0.313 e. The van der Waals surface area contributed by atoms with Gasteiger partial charge in [-0.3, -0.25) is 14.7 Å². The van der Waals surface area contributed by atoms with Gasteiger partial charge in [-0.1, -0.05) is 30.0 Å². The molecule has 0 aliphatic rings. The van der Waals surface area contributed by atoms with Gasteiger partial charge in [0, 0.05) is 5.56 Å². The molecule has 4 N–H and O–H groups in total. The molecule has 0 saturated heterocycles. The molecule has 98 valence electrons. The van der Waals surface area contributed by atoms with Crippen molar-refractivity contribution in [3.8, 4) is 11.4 Å². The van der Waals surface area contributed by atoms with E-state index < -0.39 is 11.9 Å². The molecule has 0 saturated carbocycles. The van der Waals surface area contributed by atoms with Crippen LogP contribution in [-0.2, 0) is 4.79 Å². The first-order valence-corrected chi connectivity index (χ1v) is 6.22. The molecule has 1 aromatic carbocycles. The summed E-state index contributed by atoms with van der Waals surface area (Å²) >= 11 is 0.989. The van der Waals surface area contributed by atoms with Gasteiger partial charge in [0.1, 0.15) is 0 Å². The quantitative estimate of drug-likeness (QED) is 0.693. The molecule has 0 aliphatic carbocycles. The van der Waals surface area contributed by atoms with Gasteiger partial charge >= 0.3 is 5.97 Å². The third-order valence-electron chi connectivity index (χ3n) is 2.24. The first-order valence-electron chi connectivity index (χ1n) is 5.24. The van der Waals surface area contributed by atoms with Crippen molar-refractivity contribution < 1.29 is 14.7 Å². The van der Waals surface area contributed by atoms with Crippen molar-refractivity contribution in [3.63, 3.8) is 0 Å². The summed E-state index contributed by atoms with van der Waals surface area (Å²) < 4.78 is 0. The summed E-state index contributed by atoms with van der Waals surface area (Å²) in [6.07, 6.45) is 0. The number of hydrogen-bond donors (Lipinski definition) is 3. The minimum Gasteiger partial charge on any atom is -0.481 e. The fourth-order valence-electron chi connectivity index (χ4n) is 1.46. The lowest BCUT2D eigenvalue weighted by Gasteiger charge is -2.01. The van der Waals surface area contributed by atoms with Crippen molar-refractivity contribution in [3.05, 3.63) is 29.8 Å². The third kappa shape index (κ3) is 3.10. The van der Waals surface area contributed by atoms with Crippen molar-refractivity contribution in [1.29, 1.82) is 0 Å². The molecule has 1 aromatic heterocycles. The summed E-state index contributed by atoms with van der Waals surface area (Å²) in [5.74, 6) is -1.27. The predicted molar refractivity (Wildman–Crippen MR) is 68.7 cm³/mol. The van der Waals surface area contributed by atoms with Crippen LogP contribution in [0.25, 0.3) is 11.4 Å². The molecule has 1 heterocycles. The molecule has 2 rings (SSSR count). The number of carboxylic acids is 1. The zero-order valence-electron chi connectivity index (χ0n) is 9.66. The molecule has 0 fully saturated rings. The Balaban J connectivity index is 2.28. The Morgan fingerprint density at radius 3 is 2.79 bits per heavy atom. The Labute approximate surface area is 112 Å². The number of aliphatic carboxylic acids is 1. The molecule has 1 amide bonds. The number of rotatable bonds is 5. The van der Waals surface area contributed by atoms with E-state index in [1.165, 1.54) is 0 Å². The van der Waals surface area contributed by atoms with E-state index >= 15 is 0 Å². The van der Waals surface area contributed by atoms with E-state index in [0.717, 1.165) is 11.8 Å². The third-order valence-corrected chi connectivity index (χ3v) is 3.07. The van der Waals surface area contributed by atoms with Crippen LogP contribution in [0.15, 0.2) is 29.4 Å². The molecule has 0 radical (unpaired) electrons. The molecular formula is C11H10N4O3S. The molecule has 0 aliphatic heterocycles. The van der Waals surface area contributed by atoms with E-state index in [4.69, 9.17) is 10.8 Å². The molecule has 19 heavy (non-hydrogen) atoms. The van der Waals surface area contributed by atoms with Gasteiger partial charge < -0.3 is 10.8 Å². The second-order valence-corrected chi connectivity index (χ2v) is 4.50. The van der Waals surface area contributed by atoms with E-state index in [9.17, 15) is 9.59 Å². The van der Waals surface area contributed by atoms with Crippen LogP contribution in [-0.4, -0.2) is 37.9 Å². The Kier molecular flexibility index (Phi) is 3.81. The zero-order chi connectivity index (χ0) is 13.8. The summed E-state index contributed by atoms with van der Waals surface area (Å²) in [6, 6.07) is 6.71. The second kappa shape index (κ2) is 5.53. The molecule has 2 aromatic rings. The van der Waals surface area contributed by atoms with Gasteiger partial charge in [0.25, 0.3) is 0 Å². The van der Waals surface area contributed by atoms with Gasteiger partial charge in [0.15, 0.2) is 5.82 Å². The Morgan fingerprint density at radius 2 is 2.11 bits per heavy atom. The number of H-pyrrole nitrogens is 1. The van der Waals surface area contributed by atoms with Crippen LogP contribution >= 0.6 is 11.8 Å². The number of nitrogens with one attached hydrogen (secondary N) is 1. The first kappa shape index (κ1) is 13.1. The van der Waals surface area contributed by atoms with Crippen molar-refractivity contribution >= 4 is 23.6 Å². The van der Waals surface area contributed by atoms with Crippen LogP contribution in [0.3, 0.4) is 0 Å². The number of aromatic amines is 1. The van der Waals surface area contributed by atoms with E-state index in [1.54, 1.807) is 24.3 Å². The number of primary amides is 1. The van der Waals surface area contributed by atoms with Gasteiger partial charge in [-0.15, -0.1) is 5.10 Å². The van der Waals surface area contributed by atoms with Gasteiger partial charge in [0.05, 0.1) is 11.3 Å². The normalized spacial score (nSPS) is 10.3. The van der Waals surface area contributed by atoms with Crippen LogP contribution < -0.4 is 5.73 Å². The van der Waals surface area contributed by atoms with Crippen LogP contribution in [0.5, 0.6) is 0 Å². The Morgan fingerprint density at radius 1 is 1.37 bits per heavy atom. The number of carbonyl (C=O) groups is 2. The lowest BCUT2D eigenvalue weighted by Crippen LogP contribution is -2.12. The molecular weight excluding hydrogens is 268 g/mol. The lowest BCUT2D eigenvalue weighted by atomic mass is 10.1. The number of benzene rings is 1. The summed E-state index contributed by atoms with van der Waals surface area (Å²) in [7, 11) is 0. The molecule has 0 unspecified atom stereocenters. The summed E-state index contributed by atoms with van der Waals surface area (Å²) in [4.78, 5) is 25.9. The Hall–Kier alpha value is -2.35. The number of carboxylic acid groups (broad SMARTS) is 1. The van der Waals surface area contributed by atoms with Crippen LogP contribution in [0.2, 0.25) is 0 Å². The highest BCUT2D eigenvalue weighted by Crippen LogP contribution is 2.22. The summed E-state index contributed by atoms with van der Waals surface area (Å²) in [6.45, 7) is 0. The number of aromatic nitrogens is 3. The highest BCUT2D eigenvalue weighted by Gasteiger charge is 2.13. The van der Waals surface area contributed by atoms with Gasteiger partial charge in [0.2, 0.25) is 11.1 Å². The molecule has 8 heteroatoms. The standard InChI is InChI=1S/C11H10N4O3S/c12-9(18)6-3-1-2-4-7(6)10-13-11(15-14-10)19-5-8(16)17/h1-4H,5H2,(H2,12,18)(H,16,17)(H,13,14,15). The SMILES string of the molecule is NC(=O)c1ccccc1-c1nc(SCC(=O)O)n[nH]1. The number of amides is 1. The van der Waals surface area contributed by atoms with Gasteiger partial charge in [-0.05, 0) is 6.07 Å². The lowest BCUT2D eigenvalue weighted by molar-refractivity contribution is -0.133. The van der Waals surface area contributed by atoms with Gasteiger partial charge in [-0.2, -0.15) is 0 Å². The average Bonchev–Trinajstić information content (AvgIpc) is 2.85. The Bertz CT molecular complexity index is 626. The molecule has 0 atom stereocenters. The number of carbonyl (C=O) groups excluding carboxylic acids is 1. The van der Waals surface area contributed by atoms with Gasteiger partial charge in [-0.25, -0.2) is 4.98 Å². The molecule has 0 spiro atoms. The minimum absolute atomic E-state index is 0.130. The van der Waals surface area contributed by atoms with Crippen LogP contribution in [0.1, 0.15) is 10.4 Å². The highest BCUT2D eigenvalue weighted by molar-refractivity contribution is 7.99. The zero-order valence-corrected chi connectivity index (χ0v) is 10.5. The van der Waals surface area contributed by atoms with Crippen molar-refractivity contribution in [2.45, 2.75) is 5.16 Å². The minimum atomic E-state index is -0.950.